The Morgan fingerprint density at radius 2 is 2.12 bits per heavy atom. The van der Waals surface area contributed by atoms with Crippen molar-refractivity contribution >= 4 is 16.9 Å². The van der Waals surface area contributed by atoms with Gasteiger partial charge in [0.2, 0.25) is 0 Å². The second kappa shape index (κ2) is 4.92. The molecular formula is C18H16N6. The third-order valence-corrected chi connectivity index (χ3v) is 4.44. The van der Waals surface area contributed by atoms with E-state index < -0.39 is 0 Å². The van der Waals surface area contributed by atoms with Gasteiger partial charge >= 0.3 is 0 Å². The van der Waals surface area contributed by atoms with Crippen molar-refractivity contribution in [3.63, 3.8) is 0 Å². The van der Waals surface area contributed by atoms with Gasteiger partial charge in [0.25, 0.3) is 0 Å². The molecule has 0 amide bonds. The summed E-state index contributed by atoms with van der Waals surface area (Å²) in [6.07, 6.45) is 2.69. The highest BCUT2D eigenvalue weighted by Gasteiger charge is 2.24. The lowest BCUT2D eigenvalue weighted by molar-refractivity contribution is 0.842. The van der Waals surface area contributed by atoms with E-state index in [1.165, 1.54) is 5.56 Å². The summed E-state index contributed by atoms with van der Waals surface area (Å²) in [5.41, 5.74) is 6.44. The molecule has 1 aliphatic rings. The number of hydrogen-bond acceptors (Lipinski definition) is 4. The monoisotopic (exact) mass is 316 g/mol. The lowest BCUT2D eigenvalue weighted by Gasteiger charge is -2.09. The molecule has 0 unspecified atom stereocenters. The third-order valence-electron chi connectivity index (χ3n) is 4.44. The molecule has 0 aliphatic carbocycles. The maximum Gasteiger partial charge on any atom is 0.154 e. The van der Waals surface area contributed by atoms with Crippen LogP contribution in [0.4, 0.5) is 5.82 Å². The smallest absolute Gasteiger partial charge is 0.154 e. The number of H-pyrrole nitrogens is 1. The third kappa shape index (κ3) is 1.93. The van der Waals surface area contributed by atoms with E-state index in [9.17, 15) is 0 Å². The largest absolute Gasteiger partial charge is 0.368 e. The topological polar surface area (TPSA) is 71.4 Å². The molecule has 5 rings (SSSR count). The van der Waals surface area contributed by atoms with E-state index in [0.717, 1.165) is 52.6 Å². The van der Waals surface area contributed by atoms with Crippen LogP contribution in [0.1, 0.15) is 11.3 Å². The highest BCUT2D eigenvalue weighted by Crippen LogP contribution is 2.35. The minimum absolute atomic E-state index is 0.839. The van der Waals surface area contributed by atoms with Gasteiger partial charge in [-0.05, 0) is 37.6 Å². The molecule has 6 heteroatoms. The van der Waals surface area contributed by atoms with Crippen molar-refractivity contribution in [2.45, 2.75) is 13.3 Å². The minimum atomic E-state index is 0.839. The zero-order chi connectivity index (χ0) is 16.1. The van der Waals surface area contributed by atoms with Crippen molar-refractivity contribution < 1.29 is 0 Å². The summed E-state index contributed by atoms with van der Waals surface area (Å²) < 4.78 is 1.95. The quantitative estimate of drug-likeness (QED) is 0.596. The molecule has 24 heavy (non-hydrogen) atoms. The Balaban J connectivity index is 1.77. The van der Waals surface area contributed by atoms with Crippen LogP contribution in [0.2, 0.25) is 0 Å². The molecule has 0 spiro atoms. The van der Waals surface area contributed by atoms with Crippen LogP contribution >= 0.6 is 0 Å². The maximum absolute atomic E-state index is 4.76. The van der Waals surface area contributed by atoms with Crippen molar-refractivity contribution in [1.82, 2.24) is 24.7 Å². The van der Waals surface area contributed by atoms with Gasteiger partial charge in [-0.2, -0.15) is 0 Å². The van der Waals surface area contributed by atoms with E-state index in [2.05, 4.69) is 32.4 Å². The van der Waals surface area contributed by atoms with Gasteiger partial charge in [0.15, 0.2) is 11.6 Å². The van der Waals surface area contributed by atoms with Gasteiger partial charge in [0, 0.05) is 23.4 Å². The Kier molecular flexibility index (Phi) is 2.73. The number of imidazole rings is 1. The normalized spacial score (nSPS) is 13.2. The highest BCUT2D eigenvalue weighted by molar-refractivity contribution is 5.83. The summed E-state index contributed by atoms with van der Waals surface area (Å²) in [5, 5.41) is 8.13. The molecule has 6 nitrogen and oxygen atoms in total. The Labute approximate surface area is 138 Å². The fourth-order valence-electron chi connectivity index (χ4n) is 3.33. The molecule has 118 valence electrons. The summed E-state index contributed by atoms with van der Waals surface area (Å²) in [4.78, 5) is 12.1. The van der Waals surface area contributed by atoms with E-state index in [1.807, 2.05) is 35.9 Å². The number of nitrogens with zero attached hydrogens (tertiary/aromatic N) is 4. The van der Waals surface area contributed by atoms with Crippen LogP contribution in [0.3, 0.4) is 0 Å². The summed E-state index contributed by atoms with van der Waals surface area (Å²) in [6.45, 7) is 2.92. The lowest BCUT2D eigenvalue weighted by atomic mass is 10.1. The van der Waals surface area contributed by atoms with Crippen molar-refractivity contribution in [2.24, 2.45) is 0 Å². The van der Waals surface area contributed by atoms with Gasteiger partial charge in [-0.25, -0.2) is 14.6 Å². The molecule has 1 aromatic carbocycles. The summed E-state index contributed by atoms with van der Waals surface area (Å²) >= 11 is 0. The van der Waals surface area contributed by atoms with Gasteiger partial charge in [0.05, 0.1) is 23.1 Å². The number of aromatic nitrogens is 5. The second-order valence-corrected chi connectivity index (χ2v) is 6.04. The van der Waals surface area contributed by atoms with Crippen molar-refractivity contribution in [1.29, 1.82) is 0 Å². The molecular weight excluding hydrogens is 300 g/mol. The predicted octanol–water partition coefficient (Wildman–Crippen LogP) is 3.09. The molecule has 0 fully saturated rings. The molecule has 0 atom stereocenters. The SMILES string of the molecule is Cc1cccc(-n2nc3c(c2-c2ccc4nc[nH]c4c2)CCN3)n1. The number of aromatic amines is 1. The highest BCUT2D eigenvalue weighted by atomic mass is 15.4. The molecule has 4 aromatic rings. The van der Waals surface area contributed by atoms with Crippen molar-refractivity contribution in [3.8, 4) is 17.1 Å². The minimum Gasteiger partial charge on any atom is -0.368 e. The van der Waals surface area contributed by atoms with Crippen molar-refractivity contribution in [2.75, 3.05) is 11.9 Å². The maximum atomic E-state index is 4.76. The van der Waals surface area contributed by atoms with Gasteiger partial charge in [-0.3, -0.25) is 0 Å². The molecule has 0 bridgehead atoms. The zero-order valence-electron chi connectivity index (χ0n) is 13.2. The van der Waals surface area contributed by atoms with Gasteiger partial charge in [-0.1, -0.05) is 12.1 Å². The Morgan fingerprint density at radius 3 is 3.04 bits per heavy atom. The molecule has 3 aromatic heterocycles. The first-order chi connectivity index (χ1) is 11.8. The second-order valence-electron chi connectivity index (χ2n) is 6.04. The molecule has 0 saturated carbocycles. The average Bonchev–Trinajstić information content (AvgIpc) is 3.29. The Hall–Kier alpha value is -3.15. The average molecular weight is 316 g/mol. The number of benzene rings is 1. The fraction of sp³-hybridized carbons (Fsp3) is 0.167. The number of fused-ring (bicyclic) bond motifs is 2. The van der Waals surface area contributed by atoms with Gasteiger partial charge in [0.1, 0.15) is 0 Å². The van der Waals surface area contributed by atoms with Gasteiger partial charge < -0.3 is 10.3 Å². The first-order valence-corrected chi connectivity index (χ1v) is 8.03. The van der Waals surface area contributed by atoms with Crippen LogP contribution in [0.25, 0.3) is 28.1 Å². The Bertz CT molecular complexity index is 1060. The van der Waals surface area contributed by atoms with E-state index in [4.69, 9.17) is 5.10 Å². The van der Waals surface area contributed by atoms with E-state index >= 15 is 0 Å². The Morgan fingerprint density at radius 1 is 1.17 bits per heavy atom. The summed E-state index contributed by atoms with van der Waals surface area (Å²) in [6, 6.07) is 12.3. The number of aryl methyl sites for hydroxylation is 1. The molecule has 1 aliphatic heterocycles. The standard InChI is InChI=1S/C18H16N6/c1-11-3-2-4-16(22-11)24-17(13-7-8-19-18(13)23-24)12-5-6-14-15(9-12)21-10-20-14/h2-6,9-10H,7-8H2,1H3,(H,19,23)(H,20,21). The number of nitrogens with one attached hydrogen (secondary N) is 2. The van der Waals surface area contributed by atoms with Crippen LogP contribution in [-0.4, -0.2) is 31.3 Å². The molecule has 4 heterocycles. The number of anilines is 1. The number of rotatable bonds is 2. The van der Waals surface area contributed by atoms with Crippen LogP contribution in [-0.2, 0) is 6.42 Å². The molecule has 0 saturated heterocycles. The van der Waals surface area contributed by atoms with Gasteiger partial charge in [-0.15, -0.1) is 5.10 Å². The predicted molar refractivity (Wildman–Crippen MR) is 93.4 cm³/mol. The van der Waals surface area contributed by atoms with Crippen molar-refractivity contribution in [3.05, 3.63) is 54.0 Å². The summed E-state index contributed by atoms with van der Waals surface area (Å²) in [5.74, 6) is 1.80. The first kappa shape index (κ1) is 13.3. The first-order valence-electron chi connectivity index (χ1n) is 8.03. The van der Waals surface area contributed by atoms with Crippen LogP contribution < -0.4 is 5.32 Å². The zero-order valence-corrected chi connectivity index (χ0v) is 13.2. The number of pyridine rings is 1. The van der Waals surface area contributed by atoms with Crippen LogP contribution in [0.15, 0.2) is 42.7 Å². The lowest BCUT2D eigenvalue weighted by Crippen LogP contribution is -2.06. The van der Waals surface area contributed by atoms with E-state index in [1.54, 1.807) is 6.33 Å². The van der Waals surface area contributed by atoms with Crippen LogP contribution in [0.5, 0.6) is 0 Å². The fourth-order valence-corrected chi connectivity index (χ4v) is 3.33. The summed E-state index contributed by atoms with van der Waals surface area (Å²) in [7, 11) is 0. The van der Waals surface area contributed by atoms with E-state index in [-0.39, 0.29) is 0 Å². The van der Waals surface area contributed by atoms with E-state index in [0.29, 0.717) is 0 Å². The van der Waals surface area contributed by atoms with Crippen LogP contribution in [0, 0.1) is 6.92 Å². The number of hydrogen-bond donors (Lipinski definition) is 2. The molecule has 0 radical (unpaired) electrons. The molecule has 2 N–H and O–H groups in total.